The molecule has 0 bridgehead atoms. The fourth-order valence-corrected chi connectivity index (χ4v) is 5.83. The summed E-state index contributed by atoms with van der Waals surface area (Å²) in [5, 5.41) is 3.42. The van der Waals surface area contributed by atoms with Gasteiger partial charge in [-0.2, -0.15) is 0 Å². The maximum atomic E-state index is 13.2. The number of hydrogen-bond donors (Lipinski definition) is 2. The van der Waals surface area contributed by atoms with Crippen LogP contribution in [-0.2, 0) is 14.8 Å². The number of carbonyl (C=O) groups is 2. The SMILES string of the molecule is CCOC(=O)c1sc2nc(C)cc(C)c2c1NC(=O)c1cccc(NS(=O)(=O)c2ccc(F)cc2)c1. The number of esters is 1. The Bertz CT molecular complexity index is 1580. The van der Waals surface area contributed by atoms with E-state index in [4.69, 9.17) is 4.74 Å². The van der Waals surface area contributed by atoms with Gasteiger partial charge in [-0.1, -0.05) is 6.07 Å². The lowest BCUT2D eigenvalue weighted by Crippen LogP contribution is -2.16. The van der Waals surface area contributed by atoms with Crippen molar-refractivity contribution >= 4 is 54.8 Å². The fraction of sp³-hybridized carbons (Fsp3) is 0.160. The zero-order valence-electron chi connectivity index (χ0n) is 19.6. The third-order valence-corrected chi connectivity index (χ3v) is 7.65. The van der Waals surface area contributed by atoms with Gasteiger partial charge in [0.25, 0.3) is 15.9 Å². The van der Waals surface area contributed by atoms with E-state index in [1.165, 1.54) is 24.3 Å². The quantitative estimate of drug-likeness (QED) is 0.316. The largest absolute Gasteiger partial charge is 0.462 e. The number of sulfonamides is 1. The lowest BCUT2D eigenvalue weighted by atomic mass is 10.1. The summed E-state index contributed by atoms with van der Waals surface area (Å²) in [7, 11) is -4.00. The van der Waals surface area contributed by atoms with Crippen LogP contribution in [0.2, 0.25) is 0 Å². The van der Waals surface area contributed by atoms with E-state index in [0.29, 0.717) is 15.9 Å². The molecular formula is C25H22FN3O5S2. The van der Waals surface area contributed by atoms with E-state index in [1.54, 1.807) is 6.92 Å². The minimum atomic E-state index is -4.00. The Morgan fingerprint density at radius 2 is 1.81 bits per heavy atom. The molecule has 0 aliphatic heterocycles. The van der Waals surface area contributed by atoms with Gasteiger partial charge in [0.1, 0.15) is 15.5 Å². The second-order valence-electron chi connectivity index (χ2n) is 7.88. The molecule has 0 unspecified atom stereocenters. The summed E-state index contributed by atoms with van der Waals surface area (Å²) in [5.74, 6) is -1.69. The van der Waals surface area contributed by atoms with Crippen molar-refractivity contribution in [3.8, 4) is 0 Å². The minimum absolute atomic E-state index is 0.124. The van der Waals surface area contributed by atoms with Gasteiger partial charge in [-0.05, 0) is 74.9 Å². The molecule has 0 radical (unpaired) electrons. The van der Waals surface area contributed by atoms with Crippen molar-refractivity contribution in [1.29, 1.82) is 0 Å². The van der Waals surface area contributed by atoms with Crippen molar-refractivity contribution in [1.82, 2.24) is 4.98 Å². The zero-order chi connectivity index (χ0) is 26.0. The highest BCUT2D eigenvalue weighted by Crippen LogP contribution is 2.38. The number of amides is 1. The lowest BCUT2D eigenvalue weighted by molar-refractivity contribution is 0.0533. The van der Waals surface area contributed by atoms with Crippen LogP contribution in [0.1, 0.15) is 38.2 Å². The molecule has 2 heterocycles. The molecule has 36 heavy (non-hydrogen) atoms. The number of nitrogens with zero attached hydrogens (tertiary/aromatic N) is 1. The van der Waals surface area contributed by atoms with Crippen LogP contribution in [0, 0.1) is 19.7 Å². The fourth-order valence-electron chi connectivity index (χ4n) is 3.64. The number of rotatable bonds is 7. The van der Waals surface area contributed by atoms with E-state index in [9.17, 15) is 22.4 Å². The number of ether oxygens (including phenoxy) is 1. The van der Waals surface area contributed by atoms with Gasteiger partial charge < -0.3 is 10.1 Å². The van der Waals surface area contributed by atoms with E-state index >= 15 is 0 Å². The van der Waals surface area contributed by atoms with Crippen LogP contribution in [-0.4, -0.2) is 31.9 Å². The highest BCUT2D eigenvalue weighted by Gasteiger charge is 2.24. The van der Waals surface area contributed by atoms with Crippen LogP contribution >= 0.6 is 11.3 Å². The van der Waals surface area contributed by atoms with Gasteiger partial charge in [-0.3, -0.25) is 9.52 Å². The van der Waals surface area contributed by atoms with Gasteiger partial charge in [0.05, 0.1) is 17.2 Å². The molecule has 2 aromatic heterocycles. The third-order valence-electron chi connectivity index (χ3n) is 5.19. The van der Waals surface area contributed by atoms with Gasteiger partial charge >= 0.3 is 5.97 Å². The van der Waals surface area contributed by atoms with Crippen molar-refractivity contribution in [2.24, 2.45) is 0 Å². The molecule has 0 aliphatic carbocycles. The Morgan fingerprint density at radius 3 is 2.50 bits per heavy atom. The number of fused-ring (bicyclic) bond motifs is 1. The van der Waals surface area contributed by atoms with E-state index in [1.807, 2.05) is 19.9 Å². The van der Waals surface area contributed by atoms with Gasteiger partial charge in [0.15, 0.2) is 0 Å². The minimum Gasteiger partial charge on any atom is -0.462 e. The number of thiophene rings is 1. The van der Waals surface area contributed by atoms with E-state index in [0.717, 1.165) is 46.9 Å². The molecule has 0 aliphatic rings. The normalized spacial score (nSPS) is 11.3. The Hall–Kier alpha value is -3.83. The maximum Gasteiger partial charge on any atom is 0.350 e. The van der Waals surface area contributed by atoms with Crippen molar-refractivity contribution in [3.63, 3.8) is 0 Å². The second-order valence-corrected chi connectivity index (χ2v) is 10.6. The van der Waals surface area contributed by atoms with Crippen molar-refractivity contribution in [3.05, 3.63) is 82.1 Å². The third kappa shape index (κ3) is 5.21. The summed E-state index contributed by atoms with van der Waals surface area (Å²) >= 11 is 1.13. The molecule has 4 rings (SSSR count). The zero-order valence-corrected chi connectivity index (χ0v) is 21.2. The highest BCUT2D eigenvalue weighted by atomic mass is 32.2. The molecule has 0 spiro atoms. The molecule has 0 fully saturated rings. The van der Waals surface area contributed by atoms with Crippen molar-refractivity contribution < 1.29 is 27.1 Å². The topological polar surface area (TPSA) is 114 Å². The van der Waals surface area contributed by atoms with Gasteiger partial charge in [-0.25, -0.2) is 22.6 Å². The van der Waals surface area contributed by atoms with Crippen LogP contribution < -0.4 is 10.0 Å². The summed E-state index contributed by atoms with van der Waals surface area (Å²) < 4.78 is 46.0. The summed E-state index contributed by atoms with van der Waals surface area (Å²) in [5.41, 5.74) is 2.19. The number of aryl methyl sites for hydroxylation is 2. The Morgan fingerprint density at radius 1 is 1.08 bits per heavy atom. The van der Waals surface area contributed by atoms with Gasteiger partial charge in [-0.15, -0.1) is 11.3 Å². The summed E-state index contributed by atoms with van der Waals surface area (Å²) in [4.78, 5) is 31.0. The average molecular weight is 528 g/mol. The van der Waals surface area contributed by atoms with Crippen LogP contribution in [0.15, 0.2) is 59.5 Å². The monoisotopic (exact) mass is 527 g/mol. The molecule has 186 valence electrons. The second kappa shape index (κ2) is 10.0. The van der Waals surface area contributed by atoms with Crippen LogP contribution in [0.4, 0.5) is 15.8 Å². The predicted molar refractivity (Wildman–Crippen MR) is 137 cm³/mol. The Balaban J connectivity index is 1.66. The Labute approximate surface area is 211 Å². The lowest BCUT2D eigenvalue weighted by Gasteiger charge is -2.11. The number of hydrogen-bond acceptors (Lipinski definition) is 7. The van der Waals surface area contributed by atoms with Crippen molar-refractivity contribution in [2.75, 3.05) is 16.6 Å². The summed E-state index contributed by atoms with van der Waals surface area (Å²) in [6, 6.07) is 12.1. The molecule has 2 N–H and O–H groups in total. The molecule has 8 nitrogen and oxygen atoms in total. The summed E-state index contributed by atoms with van der Waals surface area (Å²) in [6.07, 6.45) is 0. The number of halogens is 1. The molecule has 2 aromatic carbocycles. The summed E-state index contributed by atoms with van der Waals surface area (Å²) in [6.45, 7) is 5.56. The predicted octanol–water partition coefficient (Wildman–Crippen LogP) is 5.28. The van der Waals surface area contributed by atoms with E-state index in [2.05, 4.69) is 15.0 Å². The van der Waals surface area contributed by atoms with Gasteiger partial charge in [0.2, 0.25) is 0 Å². The average Bonchev–Trinajstić information content (AvgIpc) is 3.17. The Kier molecular flexibility index (Phi) is 7.04. The number of pyridine rings is 1. The van der Waals surface area contributed by atoms with E-state index < -0.39 is 27.7 Å². The number of anilines is 2. The van der Waals surface area contributed by atoms with Crippen LogP contribution in [0.5, 0.6) is 0 Å². The van der Waals surface area contributed by atoms with Crippen molar-refractivity contribution in [2.45, 2.75) is 25.7 Å². The maximum absolute atomic E-state index is 13.2. The molecule has 1 amide bonds. The first-order valence-electron chi connectivity index (χ1n) is 10.9. The molecule has 0 saturated heterocycles. The smallest absolute Gasteiger partial charge is 0.350 e. The molecule has 0 saturated carbocycles. The molecule has 11 heteroatoms. The molecule has 4 aromatic rings. The first kappa shape index (κ1) is 25.3. The van der Waals surface area contributed by atoms with Crippen LogP contribution in [0.25, 0.3) is 10.2 Å². The van der Waals surface area contributed by atoms with Crippen LogP contribution in [0.3, 0.4) is 0 Å². The van der Waals surface area contributed by atoms with E-state index in [-0.39, 0.29) is 27.6 Å². The number of carbonyl (C=O) groups excluding carboxylic acids is 2. The number of nitrogens with one attached hydrogen (secondary N) is 2. The first-order valence-corrected chi connectivity index (χ1v) is 13.2. The first-order chi connectivity index (χ1) is 17.1. The number of aromatic nitrogens is 1. The number of benzene rings is 2. The standard InChI is InChI=1S/C25H22FN3O5S2/c1-4-34-25(31)22-21(20-14(2)12-15(3)27-24(20)35-22)28-23(30)16-6-5-7-18(13-16)29-36(32,33)19-10-8-17(26)9-11-19/h5-13,29H,4H2,1-3H3,(H,28,30). The molecular weight excluding hydrogens is 505 g/mol. The van der Waals surface area contributed by atoms with Gasteiger partial charge in [0, 0.05) is 22.3 Å². The molecule has 0 atom stereocenters. The highest BCUT2D eigenvalue weighted by molar-refractivity contribution is 7.92.